The van der Waals surface area contributed by atoms with Crippen molar-refractivity contribution in [2.45, 2.75) is 57.1 Å². The van der Waals surface area contributed by atoms with E-state index >= 15 is 0 Å². The number of nitrogens with one attached hydrogen (secondary N) is 2. The molecule has 2 aliphatic rings. The Bertz CT molecular complexity index is 1380. The van der Waals surface area contributed by atoms with Crippen LogP contribution in [0.1, 0.15) is 56.1 Å². The Balaban J connectivity index is 1.27. The van der Waals surface area contributed by atoms with Crippen molar-refractivity contribution >= 4 is 22.5 Å². The number of aliphatic hydroxyl groups excluding tert-OH is 1. The predicted molar refractivity (Wildman–Crippen MR) is 135 cm³/mol. The summed E-state index contributed by atoms with van der Waals surface area (Å²) in [6.07, 6.45) is 7.67. The molecule has 0 radical (unpaired) electrons. The summed E-state index contributed by atoms with van der Waals surface area (Å²) in [6.45, 7) is 6.63. The lowest BCUT2D eigenvalue weighted by atomic mass is 9.87. The third-order valence-corrected chi connectivity index (χ3v) is 7.71. The summed E-state index contributed by atoms with van der Waals surface area (Å²) in [5.74, 6) is 0.807. The lowest BCUT2D eigenvalue weighted by molar-refractivity contribution is -0.136. The van der Waals surface area contributed by atoms with Gasteiger partial charge in [0.1, 0.15) is 6.04 Å². The van der Waals surface area contributed by atoms with Gasteiger partial charge in [-0.1, -0.05) is 19.9 Å². The SMILES string of the molecule is CC(C)c1c(-c2cnc3ccnn3c2)[nH]c2ccc(C3CCN(C(=O)C4NCC[C@H]4O)CC3)cc12. The van der Waals surface area contributed by atoms with Gasteiger partial charge in [-0.05, 0) is 60.9 Å². The lowest BCUT2D eigenvalue weighted by Crippen LogP contribution is -2.50. The molecule has 4 aromatic rings. The molecule has 35 heavy (non-hydrogen) atoms. The van der Waals surface area contributed by atoms with E-state index in [2.05, 4.69) is 52.4 Å². The van der Waals surface area contributed by atoms with Gasteiger partial charge in [-0.2, -0.15) is 5.10 Å². The maximum absolute atomic E-state index is 12.8. The molecule has 0 spiro atoms. The average Bonchev–Trinajstić information content (AvgIpc) is 3.60. The Labute approximate surface area is 204 Å². The first-order chi connectivity index (χ1) is 17.0. The first-order valence-corrected chi connectivity index (χ1v) is 12.6. The van der Waals surface area contributed by atoms with Crippen molar-refractivity contribution < 1.29 is 9.90 Å². The predicted octanol–water partition coefficient (Wildman–Crippen LogP) is 3.43. The smallest absolute Gasteiger partial charge is 0.242 e. The topological polar surface area (TPSA) is 98.6 Å². The van der Waals surface area contributed by atoms with Crippen molar-refractivity contribution in [1.29, 1.82) is 0 Å². The van der Waals surface area contributed by atoms with Crippen LogP contribution in [0, 0.1) is 0 Å². The molecular formula is C27H32N6O2. The zero-order valence-electron chi connectivity index (χ0n) is 20.2. The second-order valence-electron chi connectivity index (χ2n) is 10.2. The van der Waals surface area contributed by atoms with Gasteiger partial charge in [0, 0.05) is 48.0 Å². The number of benzene rings is 1. The Kier molecular flexibility index (Phi) is 5.57. The summed E-state index contributed by atoms with van der Waals surface area (Å²) in [7, 11) is 0. The minimum Gasteiger partial charge on any atom is -0.391 e. The van der Waals surface area contributed by atoms with E-state index in [0.717, 1.165) is 48.4 Å². The largest absolute Gasteiger partial charge is 0.391 e. The number of hydrogen-bond acceptors (Lipinski definition) is 5. The molecule has 182 valence electrons. The molecule has 1 unspecified atom stereocenters. The maximum atomic E-state index is 12.8. The van der Waals surface area contributed by atoms with Crippen LogP contribution in [0.2, 0.25) is 0 Å². The van der Waals surface area contributed by atoms with E-state index < -0.39 is 12.1 Å². The van der Waals surface area contributed by atoms with E-state index in [1.165, 1.54) is 16.5 Å². The fraction of sp³-hybridized carbons (Fsp3) is 0.444. The molecule has 6 rings (SSSR count). The Morgan fingerprint density at radius 3 is 2.74 bits per heavy atom. The minimum atomic E-state index is -0.566. The molecular weight excluding hydrogens is 440 g/mol. The number of aromatic amines is 1. The average molecular weight is 473 g/mol. The molecule has 0 bridgehead atoms. The first-order valence-electron chi connectivity index (χ1n) is 12.6. The number of aromatic nitrogens is 4. The van der Waals surface area contributed by atoms with Crippen LogP contribution in [0.15, 0.2) is 42.9 Å². The molecule has 2 atom stereocenters. The number of amides is 1. The molecule has 2 saturated heterocycles. The molecule has 8 heteroatoms. The molecule has 0 saturated carbocycles. The molecule has 1 aromatic carbocycles. The highest BCUT2D eigenvalue weighted by molar-refractivity contribution is 5.92. The molecule has 5 heterocycles. The zero-order valence-corrected chi connectivity index (χ0v) is 20.2. The van der Waals surface area contributed by atoms with Gasteiger partial charge in [0.05, 0.1) is 18.0 Å². The second-order valence-corrected chi connectivity index (χ2v) is 10.2. The van der Waals surface area contributed by atoms with Crippen LogP contribution in [0.3, 0.4) is 0 Å². The minimum absolute atomic E-state index is 0.0454. The highest BCUT2D eigenvalue weighted by atomic mass is 16.3. The number of fused-ring (bicyclic) bond motifs is 2. The number of hydrogen-bond donors (Lipinski definition) is 3. The molecule has 3 N–H and O–H groups in total. The van der Waals surface area contributed by atoms with E-state index in [0.29, 0.717) is 24.8 Å². The summed E-state index contributed by atoms with van der Waals surface area (Å²) in [6, 6.07) is 8.22. The number of piperidine rings is 1. The molecule has 8 nitrogen and oxygen atoms in total. The molecule has 3 aromatic heterocycles. The summed E-state index contributed by atoms with van der Waals surface area (Å²) < 4.78 is 1.81. The highest BCUT2D eigenvalue weighted by Crippen LogP contribution is 2.38. The number of carbonyl (C=O) groups excluding carboxylic acids is 1. The van der Waals surface area contributed by atoms with Crippen molar-refractivity contribution in [3.05, 3.63) is 54.0 Å². The number of carbonyl (C=O) groups is 1. The van der Waals surface area contributed by atoms with Gasteiger partial charge in [0.2, 0.25) is 5.91 Å². The molecule has 2 aliphatic heterocycles. The lowest BCUT2D eigenvalue weighted by Gasteiger charge is -2.34. The summed E-state index contributed by atoms with van der Waals surface area (Å²) in [4.78, 5) is 23.0. The Morgan fingerprint density at radius 1 is 1.17 bits per heavy atom. The first kappa shape index (κ1) is 22.2. The van der Waals surface area contributed by atoms with Gasteiger partial charge in [-0.25, -0.2) is 9.50 Å². The quantitative estimate of drug-likeness (QED) is 0.423. The van der Waals surface area contributed by atoms with Crippen LogP contribution < -0.4 is 5.32 Å². The fourth-order valence-corrected chi connectivity index (χ4v) is 5.82. The van der Waals surface area contributed by atoms with Crippen LogP contribution in [0.5, 0.6) is 0 Å². The van der Waals surface area contributed by atoms with Crippen LogP contribution in [0.25, 0.3) is 27.8 Å². The van der Waals surface area contributed by atoms with E-state index in [1.54, 1.807) is 6.20 Å². The van der Waals surface area contributed by atoms with Crippen LogP contribution >= 0.6 is 0 Å². The number of likely N-dealkylation sites (tertiary alicyclic amines) is 1. The number of aliphatic hydroxyl groups is 1. The molecule has 2 fully saturated rings. The number of H-pyrrole nitrogens is 1. The Morgan fingerprint density at radius 2 is 2.00 bits per heavy atom. The summed E-state index contributed by atoms with van der Waals surface area (Å²) in [5.41, 5.74) is 6.71. The number of nitrogens with zero attached hydrogens (tertiary/aromatic N) is 4. The van der Waals surface area contributed by atoms with Crippen molar-refractivity contribution in [3.63, 3.8) is 0 Å². The van der Waals surface area contributed by atoms with Gasteiger partial charge in [0.15, 0.2) is 5.65 Å². The maximum Gasteiger partial charge on any atom is 0.242 e. The monoisotopic (exact) mass is 472 g/mol. The fourth-order valence-electron chi connectivity index (χ4n) is 5.82. The zero-order chi connectivity index (χ0) is 24.1. The van der Waals surface area contributed by atoms with Crippen molar-refractivity contribution in [1.82, 2.24) is 29.8 Å². The summed E-state index contributed by atoms with van der Waals surface area (Å²) in [5, 5.41) is 18.9. The van der Waals surface area contributed by atoms with Gasteiger partial charge < -0.3 is 20.3 Å². The van der Waals surface area contributed by atoms with Crippen LogP contribution in [0.4, 0.5) is 0 Å². The summed E-state index contributed by atoms with van der Waals surface area (Å²) >= 11 is 0. The van der Waals surface area contributed by atoms with Crippen molar-refractivity contribution in [3.8, 4) is 11.3 Å². The van der Waals surface area contributed by atoms with Gasteiger partial charge in [-0.15, -0.1) is 0 Å². The van der Waals surface area contributed by atoms with Gasteiger partial charge in [-0.3, -0.25) is 4.79 Å². The third-order valence-electron chi connectivity index (χ3n) is 7.71. The normalized spacial score (nSPS) is 21.5. The van der Waals surface area contributed by atoms with Crippen molar-refractivity contribution in [2.24, 2.45) is 0 Å². The van der Waals surface area contributed by atoms with Gasteiger partial charge in [0.25, 0.3) is 0 Å². The third kappa shape index (κ3) is 3.90. The standard InChI is InChI=1S/C27H32N6O2/c1-16(2)24-20-13-18(17-7-11-32(12-8-17)27(35)26-22(34)5-9-28-26)3-4-21(20)31-25(24)19-14-29-23-6-10-30-33(23)15-19/h3-4,6,10,13-17,22,26,28,31,34H,5,7-9,11-12H2,1-2H3/t22-,26?/m1/s1. The van der Waals surface area contributed by atoms with Crippen LogP contribution in [-0.2, 0) is 4.79 Å². The van der Waals surface area contributed by atoms with E-state index in [-0.39, 0.29) is 5.91 Å². The van der Waals surface area contributed by atoms with E-state index in [1.807, 2.05) is 27.9 Å². The van der Waals surface area contributed by atoms with Crippen LogP contribution in [-0.4, -0.2) is 67.3 Å². The molecule has 0 aliphatic carbocycles. The van der Waals surface area contributed by atoms with Crippen molar-refractivity contribution in [2.75, 3.05) is 19.6 Å². The number of rotatable bonds is 4. The second kappa shape index (κ2) is 8.77. The molecule has 1 amide bonds. The van der Waals surface area contributed by atoms with E-state index in [4.69, 9.17) is 0 Å². The highest BCUT2D eigenvalue weighted by Gasteiger charge is 2.35. The van der Waals surface area contributed by atoms with E-state index in [9.17, 15) is 9.90 Å². The van der Waals surface area contributed by atoms with Gasteiger partial charge >= 0.3 is 0 Å². The Hall–Kier alpha value is -3.23.